The fourth-order valence-electron chi connectivity index (χ4n) is 3.97. The van der Waals surface area contributed by atoms with Crippen molar-refractivity contribution in [2.24, 2.45) is 0 Å². The van der Waals surface area contributed by atoms with Crippen molar-refractivity contribution in [1.82, 2.24) is 4.90 Å². The van der Waals surface area contributed by atoms with Gasteiger partial charge in [-0.15, -0.1) is 0 Å². The number of nitriles is 1. The van der Waals surface area contributed by atoms with Crippen LogP contribution in [0.2, 0.25) is 5.02 Å². The van der Waals surface area contributed by atoms with Gasteiger partial charge in [0.25, 0.3) is 0 Å². The zero-order chi connectivity index (χ0) is 22.8. The van der Waals surface area contributed by atoms with Crippen LogP contribution >= 0.6 is 23.4 Å². The van der Waals surface area contributed by atoms with Gasteiger partial charge >= 0.3 is 0 Å². The van der Waals surface area contributed by atoms with E-state index in [1.807, 2.05) is 24.3 Å². The third-order valence-corrected chi connectivity index (χ3v) is 7.00. The minimum absolute atomic E-state index is 0.0491. The Morgan fingerprint density at radius 1 is 1.06 bits per heavy atom. The minimum Gasteiger partial charge on any atom is -0.496 e. The molecule has 7 nitrogen and oxygen atoms in total. The summed E-state index contributed by atoms with van der Waals surface area (Å²) in [7, 11) is 4.65. The zero-order valence-corrected chi connectivity index (χ0v) is 19.5. The smallest absolute Gasteiger partial charge is 0.229 e. The maximum absolute atomic E-state index is 13.2. The predicted molar refractivity (Wildman–Crippen MR) is 124 cm³/mol. The lowest BCUT2D eigenvalue weighted by Gasteiger charge is -2.42. The van der Waals surface area contributed by atoms with Crippen LogP contribution in [0.1, 0.15) is 17.9 Å². The molecule has 32 heavy (non-hydrogen) atoms. The number of allylic oxidation sites excluding steroid dienone is 1. The lowest BCUT2D eigenvalue weighted by molar-refractivity contribution is -0.129. The van der Waals surface area contributed by atoms with Gasteiger partial charge in [-0.1, -0.05) is 23.4 Å². The third kappa shape index (κ3) is 3.94. The van der Waals surface area contributed by atoms with Gasteiger partial charge in [0.05, 0.1) is 50.5 Å². The van der Waals surface area contributed by atoms with E-state index in [4.69, 9.17) is 25.8 Å². The quantitative estimate of drug-likeness (QED) is 0.631. The van der Waals surface area contributed by atoms with Crippen molar-refractivity contribution in [3.8, 4) is 23.3 Å². The number of halogens is 1. The van der Waals surface area contributed by atoms with Crippen LogP contribution in [0.5, 0.6) is 17.2 Å². The molecule has 2 aromatic rings. The molecule has 1 atom stereocenters. The molecule has 2 aliphatic heterocycles. The number of hydrogen-bond acceptors (Lipinski definition) is 7. The number of hydrogen-bond donors (Lipinski definition) is 0. The van der Waals surface area contributed by atoms with Crippen LogP contribution in [0.15, 0.2) is 47.0 Å². The van der Waals surface area contributed by atoms with Gasteiger partial charge in [-0.05, 0) is 30.3 Å². The Morgan fingerprint density at radius 2 is 1.72 bits per heavy atom. The summed E-state index contributed by atoms with van der Waals surface area (Å²) in [4.78, 5) is 17.0. The Kier molecular flexibility index (Phi) is 6.40. The van der Waals surface area contributed by atoms with Gasteiger partial charge in [0.15, 0.2) is 11.5 Å². The molecule has 0 radical (unpaired) electrons. The summed E-state index contributed by atoms with van der Waals surface area (Å²) < 4.78 is 16.4. The van der Waals surface area contributed by atoms with Gasteiger partial charge in [0, 0.05) is 34.7 Å². The number of fused-ring (bicyclic) bond motifs is 1. The molecule has 2 aromatic carbocycles. The van der Waals surface area contributed by atoms with E-state index in [1.165, 1.54) is 11.8 Å². The second kappa shape index (κ2) is 9.23. The third-order valence-electron chi connectivity index (χ3n) is 5.60. The van der Waals surface area contributed by atoms with E-state index in [2.05, 4.69) is 11.0 Å². The predicted octanol–water partition coefficient (Wildman–Crippen LogP) is 4.59. The zero-order valence-electron chi connectivity index (χ0n) is 17.9. The second-order valence-electron chi connectivity index (χ2n) is 7.29. The number of ether oxygens (including phenoxy) is 3. The summed E-state index contributed by atoms with van der Waals surface area (Å²) >= 11 is 7.48. The Labute approximate surface area is 196 Å². The fraction of sp³-hybridized carbons (Fsp3) is 0.304. The highest BCUT2D eigenvalue weighted by Gasteiger charge is 2.39. The first-order valence-corrected chi connectivity index (χ1v) is 11.2. The van der Waals surface area contributed by atoms with E-state index >= 15 is 0 Å². The highest BCUT2D eigenvalue weighted by molar-refractivity contribution is 8.03. The van der Waals surface area contributed by atoms with Gasteiger partial charge in [0.1, 0.15) is 5.75 Å². The molecule has 4 rings (SSSR count). The minimum atomic E-state index is -0.428. The highest BCUT2D eigenvalue weighted by Crippen LogP contribution is 2.47. The van der Waals surface area contributed by atoms with E-state index in [0.717, 1.165) is 11.3 Å². The Morgan fingerprint density at radius 3 is 2.34 bits per heavy atom. The first-order valence-electron chi connectivity index (χ1n) is 9.88. The van der Waals surface area contributed by atoms with Gasteiger partial charge in [0.2, 0.25) is 5.91 Å². The molecule has 0 aromatic heterocycles. The number of nitrogens with zero attached hydrogens (tertiary/aromatic N) is 3. The SMILES string of the molecule is COc1cc(OC)c(C2CC(=O)N3CN(c4ccc(Cl)cc4)CSC3=C2C#N)cc1OC. The van der Waals surface area contributed by atoms with Crippen LogP contribution < -0.4 is 19.1 Å². The average Bonchev–Trinajstić information content (AvgIpc) is 2.83. The maximum atomic E-state index is 13.2. The van der Waals surface area contributed by atoms with Crippen molar-refractivity contribution < 1.29 is 19.0 Å². The van der Waals surface area contributed by atoms with Crippen molar-refractivity contribution in [3.63, 3.8) is 0 Å². The Hall–Kier alpha value is -3.02. The number of carbonyl (C=O) groups excluding carboxylic acids is 1. The molecule has 1 unspecified atom stereocenters. The van der Waals surface area contributed by atoms with Crippen LogP contribution in [-0.4, -0.2) is 44.7 Å². The van der Waals surface area contributed by atoms with Crippen LogP contribution in [0.4, 0.5) is 5.69 Å². The summed E-state index contributed by atoms with van der Waals surface area (Å²) in [6.45, 7) is 0.379. The number of thioether (sulfide) groups is 1. The lowest BCUT2D eigenvalue weighted by Crippen LogP contribution is -2.47. The largest absolute Gasteiger partial charge is 0.496 e. The molecular weight excluding hydrogens is 450 g/mol. The first kappa shape index (κ1) is 22.2. The maximum Gasteiger partial charge on any atom is 0.229 e. The molecule has 2 aliphatic rings. The van der Waals surface area contributed by atoms with E-state index in [-0.39, 0.29) is 12.3 Å². The fourth-order valence-corrected chi connectivity index (χ4v) is 5.26. The highest BCUT2D eigenvalue weighted by atomic mass is 35.5. The molecule has 1 fully saturated rings. The topological polar surface area (TPSA) is 75.0 Å². The van der Waals surface area contributed by atoms with Crippen LogP contribution in [0, 0.1) is 11.3 Å². The number of carbonyl (C=O) groups is 1. The number of anilines is 1. The molecule has 1 amide bonds. The van der Waals surface area contributed by atoms with Gasteiger partial charge in [-0.3, -0.25) is 9.69 Å². The number of methoxy groups -OCH3 is 3. The van der Waals surface area contributed by atoms with E-state index in [9.17, 15) is 10.1 Å². The summed E-state index contributed by atoms with van der Waals surface area (Å²) in [5, 5.41) is 11.4. The molecule has 0 N–H and O–H groups in total. The van der Waals surface area contributed by atoms with E-state index in [1.54, 1.807) is 38.4 Å². The Bertz CT molecular complexity index is 1110. The lowest BCUT2D eigenvalue weighted by atomic mass is 9.85. The van der Waals surface area contributed by atoms with Gasteiger partial charge < -0.3 is 19.1 Å². The van der Waals surface area contributed by atoms with Crippen molar-refractivity contribution in [3.05, 3.63) is 57.6 Å². The van der Waals surface area contributed by atoms with Crippen LogP contribution in [-0.2, 0) is 4.79 Å². The number of benzene rings is 2. The Balaban J connectivity index is 1.72. The number of amides is 1. The number of rotatable bonds is 5. The molecule has 0 aliphatic carbocycles. The van der Waals surface area contributed by atoms with Crippen molar-refractivity contribution in [2.45, 2.75) is 12.3 Å². The molecule has 9 heteroatoms. The first-order chi connectivity index (χ1) is 15.5. The van der Waals surface area contributed by atoms with E-state index < -0.39 is 5.92 Å². The molecule has 2 heterocycles. The molecule has 0 spiro atoms. The average molecular weight is 472 g/mol. The molecule has 0 bridgehead atoms. The molecule has 1 saturated heterocycles. The standard InChI is InChI=1S/C23H22ClN3O4S/c1-29-19-10-21(31-3)20(30-2)8-17(19)16-9-22(28)27-12-26(13-32-23(27)18(16)11-25)15-6-4-14(24)5-7-15/h4-8,10,16H,9,12-13H2,1-3H3. The summed E-state index contributed by atoms with van der Waals surface area (Å²) in [6.07, 6.45) is 0.160. The summed E-state index contributed by atoms with van der Waals surface area (Å²) in [6, 6.07) is 13.4. The van der Waals surface area contributed by atoms with Crippen molar-refractivity contribution in [1.29, 1.82) is 5.26 Å². The van der Waals surface area contributed by atoms with Crippen molar-refractivity contribution >= 4 is 35.0 Å². The van der Waals surface area contributed by atoms with Gasteiger partial charge in [-0.25, -0.2) is 0 Å². The summed E-state index contributed by atoms with van der Waals surface area (Å²) in [5.74, 6) is 1.72. The van der Waals surface area contributed by atoms with Crippen molar-refractivity contribution in [2.75, 3.05) is 38.8 Å². The van der Waals surface area contributed by atoms with Gasteiger partial charge in [-0.2, -0.15) is 5.26 Å². The monoisotopic (exact) mass is 471 g/mol. The molecule has 0 saturated carbocycles. The van der Waals surface area contributed by atoms with E-state index in [0.29, 0.717) is 45.4 Å². The molecule has 166 valence electrons. The van der Waals surface area contributed by atoms with Crippen LogP contribution in [0.25, 0.3) is 0 Å². The van der Waals surface area contributed by atoms with Crippen LogP contribution in [0.3, 0.4) is 0 Å². The summed E-state index contributed by atoms with van der Waals surface area (Å²) in [5.41, 5.74) is 2.25. The molecular formula is C23H22ClN3O4S. The normalized spacial score (nSPS) is 18.2. The second-order valence-corrected chi connectivity index (χ2v) is 8.66.